The average Bonchev–Trinajstić information content (AvgIpc) is 3.07. The van der Waals surface area contributed by atoms with Crippen molar-refractivity contribution in [3.05, 3.63) is 41.0 Å². The fourth-order valence-corrected chi connectivity index (χ4v) is 2.71. The predicted molar refractivity (Wildman–Crippen MR) is 93.7 cm³/mol. The number of hydrogen-bond donors (Lipinski definition) is 1. The van der Waals surface area contributed by atoms with E-state index in [0.29, 0.717) is 31.1 Å². The summed E-state index contributed by atoms with van der Waals surface area (Å²) in [5.74, 6) is -3.28. The van der Waals surface area contributed by atoms with Gasteiger partial charge in [0.25, 0.3) is 11.7 Å². The molecule has 1 aromatic carbocycles. The molecule has 0 spiro atoms. The first-order valence-electron chi connectivity index (χ1n) is 7.94. The van der Waals surface area contributed by atoms with E-state index in [9.17, 15) is 27.6 Å². The van der Waals surface area contributed by atoms with Crippen molar-refractivity contribution in [3.8, 4) is 0 Å². The zero-order valence-electron chi connectivity index (χ0n) is 14.0. The summed E-state index contributed by atoms with van der Waals surface area (Å²) in [4.78, 5) is 36.1. The molecule has 1 aromatic rings. The Morgan fingerprint density at radius 3 is 2.56 bits per heavy atom. The van der Waals surface area contributed by atoms with E-state index >= 15 is 0 Å². The maximum atomic E-state index is 12.2. The van der Waals surface area contributed by atoms with Crippen molar-refractivity contribution in [3.63, 3.8) is 0 Å². The number of allylic oxidation sites excluding steroid dienone is 1. The summed E-state index contributed by atoms with van der Waals surface area (Å²) >= 11 is 3.26. The number of anilines is 1. The van der Waals surface area contributed by atoms with Crippen molar-refractivity contribution in [2.24, 2.45) is 0 Å². The average molecular weight is 449 g/mol. The number of halogens is 4. The standard InChI is InChI=1S/C17H16BrF3N2O4/c18-11-3-5-12(6-4-11)22-15(25)10-27-16(26)13-2-1-8-23(13)9-7-14(24)17(19,20)21/h3-7,9,13H,1-2,8,10H2,(H,22,25)/b9-7+/t13-/m0/s1. The number of likely N-dealkylation sites (tertiary alicyclic amines) is 1. The number of amides is 1. The Labute approximate surface area is 161 Å². The molecular formula is C17H16BrF3N2O4. The Kier molecular flexibility index (Phi) is 7.00. The molecule has 1 atom stereocenters. The summed E-state index contributed by atoms with van der Waals surface area (Å²) in [6, 6.07) is 5.94. The minimum absolute atomic E-state index is 0.312. The molecule has 10 heteroatoms. The number of rotatable bonds is 6. The highest BCUT2D eigenvalue weighted by Crippen LogP contribution is 2.21. The summed E-state index contributed by atoms with van der Waals surface area (Å²) < 4.78 is 42.5. The Morgan fingerprint density at radius 1 is 1.26 bits per heavy atom. The van der Waals surface area contributed by atoms with Crippen LogP contribution in [0.5, 0.6) is 0 Å². The summed E-state index contributed by atoms with van der Waals surface area (Å²) in [5, 5.41) is 2.55. The van der Waals surface area contributed by atoms with Crippen molar-refractivity contribution >= 4 is 39.3 Å². The van der Waals surface area contributed by atoms with Gasteiger partial charge in [0.2, 0.25) is 0 Å². The third-order valence-corrected chi connectivity index (χ3v) is 4.27. The van der Waals surface area contributed by atoms with Crippen LogP contribution in [0.4, 0.5) is 18.9 Å². The highest BCUT2D eigenvalue weighted by molar-refractivity contribution is 9.10. The van der Waals surface area contributed by atoms with Gasteiger partial charge in [0.05, 0.1) is 0 Å². The van der Waals surface area contributed by atoms with Crippen molar-refractivity contribution in [1.29, 1.82) is 0 Å². The van der Waals surface area contributed by atoms with Crippen LogP contribution in [-0.4, -0.2) is 47.9 Å². The number of carbonyl (C=O) groups is 3. The Morgan fingerprint density at radius 2 is 1.93 bits per heavy atom. The molecule has 1 N–H and O–H groups in total. The Hall–Kier alpha value is -2.36. The molecule has 1 amide bonds. The molecule has 1 heterocycles. The predicted octanol–water partition coefficient (Wildman–Crippen LogP) is 3.04. The van der Waals surface area contributed by atoms with Crippen molar-refractivity contribution in [2.45, 2.75) is 25.1 Å². The van der Waals surface area contributed by atoms with Crippen LogP contribution in [0.3, 0.4) is 0 Å². The lowest BCUT2D eigenvalue weighted by Gasteiger charge is -2.21. The zero-order valence-corrected chi connectivity index (χ0v) is 15.5. The van der Waals surface area contributed by atoms with Crippen LogP contribution in [0.15, 0.2) is 41.0 Å². The van der Waals surface area contributed by atoms with Crippen LogP contribution in [-0.2, 0) is 19.1 Å². The van der Waals surface area contributed by atoms with Crippen LogP contribution >= 0.6 is 15.9 Å². The third-order valence-electron chi connectivity index (χ3n) is 3.74. The van der Waals surface area contributed by atoms with Gasteiger partial charge < -0.3 is 15.0 Å². The summed E-state index contributed by atoms with van der Waals surface area (Å²) in [7, 11) is 0. The van der Waals surface area contributed by atoms with Gasteiger partial charge in [-0.25, -0.2) is 4.79 Å². The molecule has 146 valence electrons. The first-order chi connectivity index (χ1) is 12.7. The van der Waals surface area contributed by atoms with E-state index in [0.717, 1.165) is 10.7 Å². The van der Waals surface area contributed by atoms with E-state index in [4.69, 9.17) is 4.74 Å². The van der Waals surface area contributed by atoms with E-state index in [-0.39, 0.29) is 0 Å². The number of nitrogens with zero attached hydrogens (tertiary/aromatic N) is 1. The lowest BCUT2D eigenvalue weighted by Crippen LogP contribution is -2.35. The van der Waals surface area contributed by atoms with E-state index < -0.39 is 36.5 Å². The van der Waals surface area contributed by atoms with Gasteiger partial charge in [0, 0.05) is 29.0 Å². The first kappa shape index (κ1) is 20.9. The van der Waals surface area contributed by atoms with Crippen LogP contribution in [0.1, 0.15) is 12.8 Å². The molecule has 0 aromatic heterocycles. The fourth-order valence-electron chi connectivity index (χ4n) is 2.44. The fraction of sp³-hybridized carbons (Fsp3) is 0.353. The number of hydrogen-bond acceptors (Lipinski definition) is 5. The second kappa shape index (κ2) is 9.03. The Bertz CT molecular complexity index is 735. The summed E-state index contributed by atoms with van der Waals surface area (Å²) in [5.41, 5.74) is 0.523. The van der Waals surface area contributed by atoms with E-state index in [2.05, 4.69) is 21.2 Å². The first-order valence-corrected chi connectivity index (χ1v) is 8.73. The number of carbonyl (C=O) groups excluding carboxylic acids is 3. The van der Waals surface area contributed by atoms with Crippen molar-refractivity contribution in [1.82, 2.24) is 4.90 Å². The number of benzene rings is 1. The highest BCUT2D eigenvalue weighted by atomic mass is 79.9. The van der Waals surface area contributed by atoms with Gasteiger partial charge in [-0.05, 0) is 37.1 Å². The van der Waals surface area contributed by atoms with Crippen molar-refractivity contribution < 1.29 is 32.3 Å². The quantitative estimate of drug-likeness (QED) is 0.534. The molecule has 6 nitrogen and oxygen atoms in total. The van der Waals surface area contributed by atoms with Gasteiger partial charge in [0.15, 0.2) is 6.61 Å². The van der Waals surface area contributed by atoms with Crippen LogP contribution in [0.25, 0.3) is 0 Å². The second-order valence-electron chi connectivity index (χ2n) is 5.74. The van der Waals surface area contributed by atoms with Crippen LogP contribution in [0, 0.1) is 0 Å². The SMILES string of the molecule is O=C(COC(=O)[C@@H]1CCCN1/C=C/C(=O)C(F)(F)F)Nc1ccc(Br)cc1. The van der Waals surface area contributed by atoms with E-state index in [1.165, 1.54) is 4.90 Å². The lowest BCUT2D eigenvalue weighted by atomic mass is 10.2. The normalized spacial score (nSPS) is 17.2. The van der Waals surface area contributed by atoms with Gasteiger partial charge in [0.1, 0.15) is 6.04 Å². The molecule has 1 saturated heterocycles. The molecule has 27 heavy (non-hydrogen) atoms. The van der Waals surface area contributed by atoms with Gasteiger partial charge in [-0.15, -0.1) is 0 Å². The molecule has 1 aliphatic heterocycles. The molecule has 0 bridgehead atoms. The van der Waals surface area contributed by atoms with E-state index in [1.807, 2.05) is 0 Å². The molecule has 0 aliphatic carbocycles. The Balaban J connectivity index is 1.85. The van der Waals surface area contributed by atoms with Crippen molar-refractivity contribution in [2.75, 3.05) is 18.5 Å². The highest BCUT2D eigenvalue weighted by Gasteiger charge is 2.37. The number of nitrogens with one attached hydrogen (secondary N) is 1. The molecule has 1 fully saturated rings. The summed E-state index contributed by atoms with van der Waals surface area (Å²) in [6.07, 6.45) is -2.73. The minimum Gasteiger partial charge on any atom is -0.454 e. The van der Waals surface area contributed by atoms with E-state index in [1.54, 1.807) is 24.3 Å². The monoisotopic (exact) mass is 448 g/mol. The molecule has 2 rings (SSSR count). The summed E-state index contributed by atoms with van der Waals surface area (Å²) in [6.45, 7) is -0.211. The zero-order chi connectivity index (χ0) is 20.0. The van der Waals surface area contributed by atoms with Gasteiger partial charge >= 0.3 is 12.1 Å². The smallest absolute Gasteiger partial charge is 0.454 e. The van der Waals surface area contributed by atoms with Crippen LogP contribution in [0.2, 0.25) is 0 Å². The minimum atomic E-state index is -4.96. The molecule has 0 saturated carbocycles. The lowest BCUT2D eigenvalue weighted by molar-refractivity contribution is -0.165. The van der Waals surface area contributed by atoms with Gasteiger partial charge in [-0.2, -0.15) is 13.2 Å². The number of ether oxygens (including phenoxy) is 1. The molecule has 0 unspecified atom stereocenters. The number of esters is 1. The molecular weight excluding hydrogens is 433 g/mol. The van der Waals surface area contributed by atoms with Gasteiger partial charge in [-0.1, -0.05) is 15.9 Å². The number of alkyl halides is 3. The second-order valence-corrected chi connectivity index (χ2v) is 6.65. The number of ketones is 1. The van der Waals surface area contributed by atoms with Gasteiger partial charge in [-0.3, -0.25) is 9.59 Å². The third kappa shape index (κ3) is 6.38. The largest absolute Gasteiger partial charge is 0.454 e. The molecule has 0 radical (unpaired) electrons. The maximum Gasteiger partial charge on any atom is 0.454 e. The topological polar surface area (TPSA) is 75.7 Å². The maximum absolute atomic E-state index is 12.2. The molecule has 1 aliphatic rings. The van der Waals surface area contributed by atoms with Crippen LogP contribution < -0.4 is 5.32 Å².